The Kier molecular flexibility index (Phi) is 4.86. The molecule has 0 aliphatic rings. The van der Waals surface area contributed by atoms with E-state index in [0.29, 0.717) is 16.1 Å². The number of carbonyl (C=O) groups excluding carboxylic acids is 2. The van der Waals surface area contributed by atoms with Crippen LogP contribution in [0, 0.1) is 0 Å². The Labute approximate surface area is 138 Å². The van der Waals surface area contributed by atoms with E-state index in [9.17, 15) is 14.7 Å². The summed E-state index contributed by atoms with van der Waals surface area (Å²) in [6.45, 7) is 1.51. The molecular formula is C16H16ClN3O3. The standard InChI is InChI=1S/C16H16ClN3O3/c1-16(15(18)23,11-3-2-4-12(17)7-11)20-14(22)6-10-5-13(21)9-19-8-10/h2-5,7-9,21H,6H2,1H3,(H2,18,23)(H,20,22). The average molecular weight is 334 g/mol. The Morgan fingerprint density at radius 3 is 2.70 bits per heavy atom. The highest BCUT2D eigenvalue weighted by Gasteiger charge is 2.35. The van der Waals surface area contributed by atoms with Gasteiger partial charge in [-0.2, -0.15) is 0 Å². The largest absolute Gasteiger partial charge is 0.506 e. The summed E-state index contributed by atoms with van der Waals surface area (Å²) < 4.78 is 0. The second-order valence-electron chi connectivity index (χ2n) is 5.28. The number of hydrogen-bond acceptors (Lipinski definition) is 4. The van der Waals surface area contributed by atoms with E-state index in [2.05, 4.69) is 10.3 Å². The quantitative estimate of drug-likeness (QED) is 0.771. The van der Waals surface area contributed by atoms with E-state index in [1.165, 1.54) is 25.4 Å². The van der Waals surface area contributed by atoms with E-state index in [1.807, 2.05) is 0 Å². The minimum Gasteiger partial charge on any atom is -0.506 e. The smallest absolute Gasteiger partial charge is 0.247 e. The van der Waals surface area contributed by atoms with Gasteiger partial charge in [-0.1, -0.05) is 23.7 Å². The number of amides is 2. The van der Waals surface area contributed by atoms with Crippen LogP contribution in [-0.2, 0) is 21.5 Å². The lowest BCUT2D eigenvalue weighted by Gasteiger charge is -2.28. The van der Waals surface area contributed by atoms with Crippen LogP contribution < -0.4 is 11.1 Å². The molecule has 0 spiro atoms. The Morgan fingerprint density at radius 1 is 1.35 bits per heavy atom. The van der Waals surface area contributed by atoms with Crippen molar-refractivity contribution in [2.45, 2.75) is 18.9 Å². The summed E-state index contributed by atoms with van der Waals surface area (Å²) in [5.74, 6) is -1.18. The summed E-state index contributed by atoms with van der Waals surface area (Å²) in [4.78, 5) is 27.9. The van der Waals surface area contributed by atoms with Crippen molar-refractivity contribution in [2.75, 3.05) is 0 Å². The number of rotatable bonds is 5. The molecule has 0 bridgehead atoms. The number of halogens is 1. The van der Waals surface area contributed by atoms with Crippen molar-refractivity contribution < 1.29 is 14.7 Å². The molecule has 2 amide bonds. The molecule has 2 aromatic rings. The van der Waals surface area contributed by atoms with Gasteiger partial charge >= 0.3 is 0 Å². The Bertz CT molecular complexity index is 751. The zero-order valence-corrected chi connectivity index (χ0v) is 13.2. The van der Waals surface area contributed by atoms with Crippen LogP contribution in [0.25, 0.3) is 0 Å². The maximum atomic E-state index is 12.2. The summed E-state index contributed by atoms with van der Waals surface area (Å²) in [5.41, 5.74) is 5.07. The van der Waals surface area contributed by atoms with Gasteiger partial charge in [-0.25, -0.2) is 0 Å². The van der Waals surface area contributed by atoms with Crippen LogP contribution in [0.2, 0.25) is 5.02 Å². The zero-order chi connectivity index (χ0) is 17.0. The molecule has 0 fully saturated rings. The van der Waals surface area contributed by atoms with Crippen molar-refractivity contribution >= 4 is 23.4 Å². The third-order valence-corrected chi connectivity index (χ3v) is 3.66. The predicted molar refractivity (Wildman–Crippen MR) is 85.7 cm³/mol. The van der Waals surface area contributed by atoms with Gasteiger partial charge in [-0.05, 0) is 36.2 Å². The number of aromatic hydroxyl groups is 1. The first-order valence-corrected chi connectivity index (χ1v) is 7.19. The van der Waals surface area contributed by atoms with Crippen LogP contribution in [0.4, 0.5) is 0 Å². The van der Waals surface area contributed by atoms with Crippen LogP contribution in [-0.4, -0.2) is 21.9 Å². The first-order valence-electron chi connectivity index (χ1n) is 6.81. The molecule has 0 saturated heterocycles. The van der Waals surface area contributed by atoms with Crippen LogP contribution in [0.15, 0.2) is 42.7 Å². The molecule has 1 aromatic carbocycles. The van der Waals surface area contributed by atoms with Crippen molar-refractivity contribution in [1.29, 1.82) is 0 Å². The first kappa shape index (κ1) is 16.8. The molecule has 0 aliphatic carbocycles. The normalized spacial score (nSPS) is 13.1. The van der Waals surface area contributed by atoms with Gasteiger partial charge in [0, 0.05) is 11.2 Å². The molecule has 1 unspecified atom stereocenters. The molecule has 1 aromatic heterocycles. The second kappa shape index (κ2) is 6.66. The van der Waals surface area contributed by atoms with Gasteiger partial charge in [-0.3, -0.25) is 14.6 Å². The summed E-state index contributed by atoms with van der Waals surface area (Å²) in [6.07, 6.45) is 2.67. The molecule has 1 atom stereocenters. The monoisotopic (exact) mass is 333 g/mol. The van der Waals surface area contributed by atoms with E-state index in [1.54, 1.807) is 24.3 Å². The van der Waals surface area contributed by atoms with E-state index >= 15 is 0 Å². The molecule has 0 aliphatic heterocycles. The van der Waals surface area contributed by atoms with Gasteiger partial charge in [-0.15, -0.1) is 0 Å². The molecule has 0 saturated carbocycles. The maximum Gasteiger partial charge on any atom is 0.247 e. The fraction of sp³-hybridized carbons (Fsp3) is 0.188. The predicted octanol–water partition coefficient (Wildman–Crippen LogP) is 1.50. The number of nitrogens with two attached hydrogens (primary N) is 1. The van der Waals surface area contributed by atoms with Gasteiger partial charge in [0.15, 0.2) is 0 Å². The lowest BCUT2D eigenvalue weighted by Crippen LogP contribution is -2.53. The van der Waals surface area contributed by atoms with Gasteiger partial charge in [0.25, 0.3) is 0 Å². The van der Waals surface area contributed by atoms with Crippen molar-refractivity contribution in [3.8, 4) is 5.75 Å². The number of benzene rings is 1. The van der Waals surface area contributed by atoms with Gasteiger partial charge < -0.3 is 16.2 Å². The van der Waals surface area contributed by atoms with Crippen molar-refractivity contribution in [2.24, 2.45) is 5.73 Å². The molecule has 2 rings (SSSR count). The minimum atomic E-state index is -1.40. The number of primary amides is 1. The molecule has 1 heterocycles. The molecule has 4 N–H and O–H groups in total. The summed E-state index contributed by atoms with van der Waals surface area (Å²) in [7, 11) is 0. The average Bonchev–Trinajstić information content (AvgIpc) is 2.46. The van der Waals surface area contributed by atoms with Crippen molar-refractivity contribution in [3.05, 3.63) is 58.9 Å². The van der Waals surface area contributed by atoms with Crippen LogP contribution in [0.3, 0.4) is 0 Å². The highest BCUT2D eigenvalue weighted by molar-refractivity contribution is 6.30. The molecule has 6 nitrogen and oxygen atoms in total. The molecule has 0 radical (unpaired) electrons. The van der Waals surface area contributed by atoms with Crippen LogP contribution in [0.1, 0.15) is 18.1 Å². The molecule has 120 valence electrons. The van der Waals surface area contributed by atoms with Gasteiger partial charge in [0.05, 0.1) is 12.6 Å². The molecule has 23 heavy (non-hydrogen) atoms. The summed E-state index contributed by atoms with van der Waals surface area (Å²) in [6, 6.07) is 7.99. The lowest BCUT2D eigenvalue weighted by atomic mass is 9.91. The fourth-order valence-corrected chi connectivity index (χ4v) is 2.34. The molecular weight excluding hydrogens is 318 g/mol. The van der Waals surface area contributed by atoms with E-state index < -0.39 is 17.4 Å². The third kappa shape index (κ3) is 3.98. The number of nitrogens with zero attached hydrogens (tertiary/aromatic N) is 1. The number of carbonyl (C=O) groups is 2. The highest BCUT2D eigenvalue weighted by atomic mass is 35.5. The Hall–Kier alpha value is -2.60. The summed E-state index contributed by atoms with van der Waals surface area (Å²) in [5, 5.41) is 12.4. The van der Waals surface area contributed by atoms with E-state index in [-0.39, 0.29) is 12.2 Å². The number of aromatic nitrogens is 1. The zero-order valence-electron chi connectivity index (χ0n) is 12.4. The SMILES string of the molecule is CC(NC(=O)Cc1cncc(O)c1)(C(N)=O)c1cccc(Cl)c1. The lowest BCUT2D eigenvalue weighted by molar-refractivity contribution is -0.131. The molecule has 7 heteroatoms. The highest BCUT2D eigenvalue weighted by Crippen LogP contribution is 2.23. The second-order valence-corrected chi connectivity index (χ2v) is 5.71. The Morgan fingerprint density at radius 2 is 2.09 bits per heavy atom. The van der Waals surface area contributed by atoms with Crippen LogP contribution in [0.5, 0.6) is 5.75 Å². The number of nitrogens with one attached hydrogen (secondary N) is 1. The van der Waals surface area contributed by atoms with E-state index in [0.717, 1.165) is 0 Å². The number of hydrogen-bond donors (Lipinski definition) is 3. The van der Waals surface area contributed by atoms with Crippen LogP contribution >= 0.6 is 11.6 Å². The van der Waals surface area contributed by atoms with E-state index in [4.69, 9.17) is 17.3 Å². The van der Waals surface area contributed by atoms with Gasteiger partial charge in [0.1, 0.15) is 11.3 Å². The fourth-order valence-electron chi connectivity index (χ4n) is 2.15. The number of pyridine rings is 1. The third-order valence-electron chi connectivity index (χ3n) is 3.43. The minimum absolute atomic E-state index is 0.0391. The Balaban J connectivity index is 2.22. The first-order chi connectivity index (χ1) is 10.8. The topological polar surface area (TPSA) is 105 Å². The van der Waals surface area contributed by atoms with Crippen molar-refractivity contribution in [3.63, 3.8) is 0 Å². The van der Waals surface area contributed by atoms with Crippen molar-refractivity contribution in [1.82, 2.24) is 10.3 Å². The summed E-state index contributed by atoms with van der Waals surface area (Å²) >= 11 is 5.94. The van der Waals surface area contributed by atoms with Gasteiger partial charge in [0.2, 0.25) is 11.8 Å². The maximum absolute atomic E-state index is 12.2.